The summed E-state index contributed by atoms with van der Waals surface area (Å²) in [7, 11) is 0. The Bertz CT molecular complexity index is 2720. The number of nitrogens with two attached hydrogens (primary N) is 2. The van der Waals surface area contributed by atoms with E-state index >= 15 is 0 Å². The van der Waals surface area contributed by atoms with Gasteiger partial charge in [-0.2, -0.15) is 0 Å². The standard InChI is InChI=1S/C53H68N10O16/c1-27(2)44(53(79)63-21-5-7-41(63)51(77)60-38(25-42(67)68)48(74)57-36(46(72)56-28(3)45(55)71)23-30-10-16-33(65)17-11-30)61-49(75)39(26-43(69)70)58-47(73)37(24-31-12-18-34(66)19-13-31)59-50(76)40-6-4-20-62(40)52(78)35(54)22-29-8-14-32(64)15-9-29/h8-19,27-28,35-41,44,64-66H,4-7,20-26,54H2,1-3H3,(H2,55,71)(H,56,72)(H,57,74)(H,58,73)(H,59,76)(H,60,77)(H,61,75)(H,67,68)(H,69,70). The van der Waals surface area contributed by atoms with Gasteiger partial charge in [-0.25, -0.2) is 0 Å². The molecule has 2 aliphatic heterocycles. The van der Waals surface area contributed by atoms with Gasteiger partial charge in [0.1, 0.15) is 65.6 Å². The minimum absolute atomic E-state index is 0.0137. The van der Waals surface area contributed by atoms with E-state index < -0.39 is 138 Å². The number of hydrogen-bond donors (Lipinski definition) is 13. The molecule has 0 spiro atoms. The largest absolute Gasteiger partial charge is 0.508 e. The molecule has 26 nitrogen and oxygen atoms in total. The summed E-state index contributed by atoms with van der Waals surface area (Å²) >= 11 is 0. The van der Waals surface area contributed by atoms with E-state index in [2.05, 4.69) is 31.9 Å². The van der Waals surface area contributed by atoms with E-state index in [9.17, 15) is 78.3 Å². The van der Waals surface area contributed by atoms with E-state index in [4.69, 9.17) is 11.5 Å². The molecule has 26 heteroatoms. The summed E-state index contributed by atoms with van der Waals surface area (Å²) in [6.07, 6.45) is -1.51. The SMILES string of the molecule is CC(NC(=O)C(Cc1ccc(O)cc1)NC(=O)C(CC(=O)O)NC(=O)C1CCCN1C(=O)C(NC(=O)C(CC(=O)O)NC(=O)C(Cc1ccc(O)cc1)NC(=O)C1CCCN1C(=O)C(N)Cc1ccc(O)cc1)C(C)C)C(N)=O. The molecular formula is C53H68N10O16. The molecule has 9 unspecified atom stereocenters. The van der Waals surface area contributed by atoms with Gasteiger partial charge in [0.2, 0.25) is 53.2 Å². The Morgan fingerprint density at radius 3 is 1.29 bits per heavy atom. The van der Waals surface area contributed by atoms with Gasteiger partial charge in [-0.3, -0.25) is 52.7 Å². The lowest BCUT2D eigenvalue weighted by Gasteiger charge is -2.32. The third kappa shape index (κ3) is 17.6. The lowest BCUT2D eigenvalue weighted by atomic mass is 10.0. The van der Waals surface area contributed by atoms with Crippen molar-refractivity contribution >= 4 is 65.1 Å². The van der Waals surface area contributed by atoms with E-state index in [0.717, 1.165) is 4.90 Å². The number of nitrogens with zero attached hydrogens (tertiary/aromatic N) is 2. The summed E-state index contributed by atoms with van der Waals surface area (Å²) in [6, 6.07) is 4.46. The fourth-order valence-electron chi connectivity index (χ4n) is 9.13. The topological polar surface area (TPSA) is 420 Å². The Morgan fingerprint density at radius 2 is 0.861 bits per heavy atom. The van der Waals surface area contributed by atoms with Crippen molar-refractivity contribution < 1.29 is 78.3 Å². The Kier molecular flexibility index (Phi) is 21.6. The minimum Gasteiger partial charge on any atom is -0.508 e. The van der Waals surface area contributed by atoms with Crippen LogP contribution in [0.25, 0.3) is 0 Å². The molecule has 2 heterocycles. The van der Waals surface area contributed by atoms with E-state index in [0.29, 0.717) is 23.1 Å². The summed E-state index contributed by atoms with van der Waals surface area (Å²) in [5.41, 5.74) is 13.1. The number of hydrogen-bond acceptors (Lipinski definition) is 15. The van der Waals surface area contributed by atoms with Crippen LogP contribution in [0.2, 0.25) is 0 Å². The van der Waals surface area contributed by atoms with Crippen molar-refractivity contribution in [1.29, 1.82) is 0 Å². The first kappa shape index (κ1) is 61.0. The molecule has 3 aromatic carbocycles. The maximum Gasteiger partial charge on any atom is 0.305 e. The van der Waals surface area contributed by atoms with Gasteiger partial charge < -0.3 is 78.7 Å². The summed E-state index contributed by atoms with van der Waals surface area (Å²) in [5.74, 6) is -12.2. The average Bonchev–Trinajstić information content (AvgIpc) is 4.10. The fourth-order valence-corrected chi connectivity index (χ4v) is 9.13. The molecule has 0 bridgehead atoms. The van der Waals surface area contributed by atoms with E-state index in [1.54, 1.807) is 26.0 Å². The van der Waals surface area contributed by atoms with Gasteiger partial charge >= 0.3 is 11.9 Å². The minimum atomic E-state index is -1.87. The molecule has 2 saturated heterocycles. The molecular weight excluding hydrogens is 1030 g/mol. The number of carbonyl (C=O) groups excluding carboxylic acids is 9. The number of nitrogens with one attached hydrogen (secondary N) is 6. The summed E-state index contributed by atoms with van der Waals surface area (Å²) in [6.45, 7) is 4.50. The number of carboxylic acid groups (broad SMARTS) is 2. The first-order valence-electron chi connectivity index (χ1n) is 25.6. The third-order valence-corrected chi connectivity index (χ3v) is 13.4. The highest BCUT2D eigenvalue weighted by Gasteiger charge is 2.42. The van der Waals surface area contributed by atoms with Crippen LogP contribution in [0.1, 0.15) is 76.0 Å². The van der Waals surface area contributed by atoms with Crippen LogP contribution in [0, 0.1) is 5.92 Å². The fraction of sp³-hybridized carbons (Fsp3) is 0.453. The number of amides is 9. The molecule has 9 atom stereocenters. The average molecular weight is 1100 g/mol. The first-order valence-corrected chi connectivity index (χ1v) is 25.6. The maximum absolute atomic E-state index is 14.4. The molecule has 0 radical (unpaired) electrons. The predicted molar refractivity (Wildman–Crippen MR) is 279 cm³/mol. The second-order valence-electron chi connectivity index (χ2n) is 19.9. The molecule has 79 heavy (non-hydrogen) atoms. The smallest absolute Gasteiger partial charge is 0.305 e. The quantitative estimate of drug-likeness (QED) is 0.0420. The summed E-state index contributed by atoms with van der Waals surface area (Å²) < 4.78 is 0. The van der Waals surface area contributed by atoms with Crippen LogP contribution in [0.15, 0.2) is 72.8 Å². The van der Waals surface area contributed by atoms with Gasteiger partial charge in [0.05, 0.1) is 18.9 Å². The van der Waals surface area contributed by atoms with Crippen molar-refractivity contribution in [1.82, 2.24) is 41.7 Å². The molecule has 0 saturated carbocycles. The van der Waals surface area contributed by atoms with Gasteiger partial charge in [0.15, 0.2) is 0 Å². The van der Waals surface area contributed by atoms with Crippen molar-refractivity contribution in [3.63, 3.8) is 0 Å². The molecule has 15 N–H and O–H groups in total. The number of phenolic OH excluding ortho intramolecular Hbond substituents is 3. The van der Waals surface area contributed by atoms with Crippen LogP contribution in [-0.2, 0) is 72.0 Å². The number of likely N-dealkylation sites (tertiary alicyclic amines) is 2. The van der Waals surface area contributed by atoms with Crippen LogP contribution in [0.5, 0.6) is 17.2 Å². The number of primary amides is 1. The zero-order valence-electron chi connectivity index (χ0n) is 43.8. The number of benzene rings is 3. The Balaban J connectivity index is 1.31. The first-order chi connectivity index (χ1) is 37.3. The zero-order chi connectivity index (χ0) is 58.2. The summed E-state index contributed by atoms with van der Waals surface area (Å²) in [5, 5.41) is 63.7. The monoisotopic (exact) mass is 1100 g/mol. The van der Waals surface area contributed by atoms with E-state index in [1.165, 1.54) is 72.5 Å². The van der Waals surface area contributed by atoms with E-state index in [1.807, 2.05) is 0 Å². The zero-order valence-corrected chi connectivity index (χ0v) is 43.8. The third-order valence-electron chi connectivity index (χ3n) is 13.4. The Hall–Kier alpha value is -8.81. The van der Waals surface area contributed by atoms with Crippen molar-refractivity contribution in [2.75, 3.05) is 13.1 Å². The maximum atomic E-state index is 14.4. The highest BCUT2D eigenvalue weighted by Crippen LogP contribution is 2.23. The van der Waals surface area contributed by atoms with Crippen LogP contribution >= 0.6 is 0 Å². The molecule has 426 valence electrons. The van der Waals surface area contributed by atoms with Gasteiger partial charge in [0.25, 0.3) is 0 Å². The second-order valence-corrected chi connectivity index (χ2v) is 19.9. The van der Waals surface area contributed by atoms with Crippen LogP contribution < -0.4 is 43.4 Å². The predicted octanol–water partition coefficient (Wildman–Crippen LogP) is -1.84. The van der Waals surface area contributed by atoms with Crippen molar-refractivity contribution in [3.05, 3.63) is 89.5 Å². The molecule has 3 aromatic rings. The summed E-state index contributed by atoms with van der Waals surface area (Å²) in [4.78, 5) is 150. The molecule has 5 rings (SSSR count). The van der Waals surface area contributed by atoms with Crippen molar-refractivity contribution in [2.24, 2.45) is 17.4 Å². The number of phenols is 3. The van der Waals surface area contributed by atoms with Crippen LogP contribution in [-0.4, -0.2) is 168 Å². The van der Waals surface area contributed by atoms with Gasteiger partial charge in [-0.15, -0.1) is 0 Å². The normalized spacial score (nSPS) is 17.6. The Morgan fingerprint density at radius 1 is 0.506 bits per heavy atom. The number of aromatic hydroxyl groups is 3. The van der Waals surface area contributed by atoms with Gasteiger partial charge in [-0.1, -0.05) is 50.2 Å². The van der Waals surface area contributed by atoms with Gasteiger partial charge in [0, 0.05) is 25.9 Å². The number of aliphatic carboxylic acids is 2. The van der Waals surface area contributed by atoms with Crippen LogP contribution in [0.4, 0.5) is 0 Å². The molecule has 9 amide bonds. The molecule has 2 fully saturated rings. The Labute approximate surface area is 454 Å². The van der Waals surface area contributed by atoms with Crippen molar-refractivity contribution in [3.8, 4) is 17.2 Å². The van der Waals surface area contributed by atoms with Crippen LogP contribution in [0.3, 0.4) is 0 Å². The van der Waals surface area contributed by atoms with Crippen molar-refractivity contribution in [2.45, 2.75) is 133 Å². The number of rotatable bonds is 26. The molecule has 0 aromatic heterocycles. The highest BCUT2D eigenvalue weighted by atomic mass is 16.4. The second kappa shape index (κ2) is 28.0. The molecule has 2 aliphatic rings. The highest BCUT2D eigenvalue weighted by molar-refractivity contribution is 6.00. The lowest BCUT2D eigenvalue weighted by Crippen LogP contribution is -2.61. The van der Waals surface area contributed by atoms with Gasteiger partial charge in [-0.05, 0) is 98.0 Å². The van der Waals surface area contributed by atoms with E-state index in [-0.39, 0.29) is 68.9 Å². The number of carboxylic acids is 2. The molecule has 0 aliphatic carbocycles. The number of carbonyl (C=O) groups is 11. The lowest BCUT2D eigenvalue weighted by molar-refractivity contribution is -0.145.